The maximum atomic E-state index is 14.7. The number of ether oxygens (including phenoxy) is 1. The van der Waals surface area contributed by atoms with Gasteiger partial charge in [-0.1, -0.05) is 61.9 Å². The van der Waals surface area contributed by atoms with E-state index in [2.05, 4.69) is 27.9 Å². The molecule has 1 N–H and O–H groups in total. The number of anilines is 1. The SMILES string of the molecule is CC.O=S(=O)(Nc1cscn1)c1cc(Cl)c(OCC2CCCC=C2c2ccccc2)cc1F. The third-order valence-electron chi connectivity index (χ3n) is 5.06. The Morgan fingerprint density at radius 3 is 2.70 bits per heavy atom. The van der Waals surface area contributed by atoms with Crippen LogP contribution >= 0.6 is 22.9 Å². The van der Waals surface area contributed by atoms with Gasteiger partial charge in [0.05, 0.1) is 17.1 Å². The number of hydrogen-bond donors (Lipinski definition) is 1. The van der Waals surface area contributed by atoms with E-state index in [0.29, 0.717) is 6.61 Å². The van der Waals surface area contributed by atoms with Crippen LogP contribution in [0.25, 0.3) is 5.57 Å². The lowest BCUT2D eigenvalue weighted by Crippen LogP contribution is -2.18. The Labute approximate surface area is 203 Å². The summed E-state index contributed by atoms with van der Waals surface area (Å²) in [6.45, 7) is 4.32. The van der Waals surface area contributed by atoms with Crippen molar-refractivity contribution in [1.29, 1.82) is 0 Å². The van der Waals surface area contributed by atoms with E-state index in [9.17, 15) is 12.8 Å². The highest BCUT2D eigenvalue weighted by molar-refractivity contribution is 7.92. The maximum absolute atomic E-state index is 14.7. The lowest BCUT2D eigenvalue weighted by Gasteiger charge is -2.25. The van der Waals surface area contributed by atoms with Crippen molar-refractivity contribution in [2.24, 2.45) is 5.92 Å². The first-order valence-corrected chi connectivity index (χ1v) is 13.5. The highest BCUT2D eigenvalue weighted by Gasteiger charge is 2.24. The predicted octanol–water partition coefficient (Wildman–Crippen LogP) is 7.03. The van der Waals surface area contributed by atoms with Crippen LogP contribution in [0, 0.1) is 11.7 Å². The number of hydrogen-bond acceptors (Lipinski definition) is 5. The number of rotatable bonds is 7. The topological polar surface area (TPSA) is 68.3 Å². The first-order valence-electron chi connectivity index (χ1n) is 10.7. The Morgan fingerprint density at radius 2 is 2.00 bits per heavy atom. The summed E-state index contributed by atoms with van der Waals surface area (Å²) in [5, 5.41) is 1.54. The average Bonchev–Trinajstić information content (AvgIpc) is 3.33. The van der Waals surface area contributed by atoms with E-state index in [1.54, 1.807) is 0 Å². The molecular weight excluding hydrogens is 483 g/mol. The molecule has 1 aliphatic carbocycles. The summed E-state index contributed by atoms with van der Waals surface area (Å²) < 4.78 is 47.7. The van der Waals surface area contributed by atoms with Gasteiger partial charge in [-0.15, -0.1) is 11.3 Å². The molecule has 1 atom stereocenters. The van der Waals surface area contributed by atoms with Crippen molar-refractivity contribution in [3.8, 4) is 5.75 Å². The minimum Gasteiger partial charge on any atom is -0.491 e. The Kier molecular flexibility index (Phi) is 8.88. The lowest BCUT2D eigenvalue weighted by atomic mass is 9.84. The van der Waals surface area contributed by atoms with Gasteiger partial charge in [-0.25, -0.2) is 17.8 Å². The van der Waals surface area contributed by atoms with E-state index >= 15 is 0 Å². The second-order valence-electron chi connectivity index (χ2n) is 7.16. The number of benzene rings is 2. The average molecular weight is 509 g/mol. The largest absolute Gasteiger partial charge is 0.491 e. The van der Waals surface area contributed by atoms with E-state index < -0.39 is 20.7 Å². The molecular formula is C24H26ClFN2O3S2. The number of nitrogens with one attached hydrogen (secondary N) is 1. The highest BCUT2D eigenvalue weighted by atomic mass is 35.5. The third-order valence-corrected chi connectivity index (χ3v) is 7.31. The summed E-state index contributed by atoms with van der Waals surface area (Å²) in [6.07, 6.45) is 5.22. The zero-order valence-electron chi connectivity index (χ0n) is 18.4. The summed E-state index contributed by atoms with van der Waals surface area (Å²) in [6, 6.07) is 12.2. The van der Waals surface area contributed by atoms with E-state index in [1.807, 2.05) is 32.0 Å². The molecule has 1 aromatic heterocycles. The van der Waals surface area contributed by atoms with Crippen molar-refractivity contribution in [2.75, 3.05) is 11.3 Å². The first kappa shape index (κ1) is 25.2. The van der Waals surface area contributed by atoms with Gasteiger partial charge >= 0.3 is 0 Å². The second kappa shape index (κ2) is 11.6. The van der Waals surface area contributed by atoms with Gasteiger partial charge in [0.2, 0.25) is 0 Å². The number of aromatic nitrogens is 1. The van der Waals surface area contributed by atoms with Crippen LogP contribution in [0.3, 0.4) is 0 Å². The molecule has 1 unspecified atom stereocenters. The van der Waals surface area contributed by atoms with Gasteiger partial charge in [-0.05, 0) is 36.5 Å². The molecule has 0 radical (unpaired) electrons. The number of thiazole rings is 1. The number of sulfonamides is 1. The zero-order chi connectivity index (χ0) is 23.8. The smallest absolute Gasteiger partial charge is 0.266 e. The van der Waals surface area contributed by atoms with Gasteiger partial charge in [0.25, 0.3) is 10.0 Å². The van der Waals surface area contributed by atoms with E-state index in [4.69, 9.17) is 16.3 Å². The fourth-order valence-electron chi connectivity index (χ4n) is 3.57. The van der Waals surface area contributed by atoms with Crippen molar-refractivity contribution >= 4 is 44.4 Å². The van der Waals surface area contributed by atoms with Crippen LogP contribution in [0.15, 0.2) is 64.3 Å². The van der Waals surface area contributed by atoms with E-state index in [0.717, 1.165) is 37.0 Å². The van der Waals surface area contributed by atoms with Crippen LogP contribution in [0.5, 0.6) is 5.75 Å². The summed E-state index contributed by atoms with van der Waals surface area (Å²) in [5.41, 5.74) is 3.82. The van der Waals surface area contributed by atoms with Gasteiger partial charge < -0.3 is 4.74 Å². The Balaban J connectivity index is 0.00000149. The molecule has 0 saturated heterocycles. The maximum Gasteiger partial charge on any atom is 0.266 e. The molecule has 0 spiro atoms. The molecule has 0 fully saturated rings. The molecule has 9 heteroatoms. The molecule has 2 aromatic carbocycles. The fraction of sp³-hybridized carbons (Fsp3) is 0.292. The Morgan fingerprint density at radius 1 is 1.24 bits per heavy atom. The molecule has 0 saturated carbocycles. The van der Waals surface area contributed by atoms with Crippen molar-refractivity contribution in [2.45, 2.75) is 38.0 Å². The van der Waals surface area contributed by atoms with Gasteiger partial charge in [0.1, 0.15) is 16.5 Å². The minimum atomic E-state index is -4.16. The van der Waals surface area contributed by atoms with Crippen LogP contribution in [0.4, 0.5) is 10.2 Å². The molecule has 0 amide bonds. The van der Waals surface area contributed by atoms with Crippen LogP contribution < -0.4 is 9.46 Å². The lowest BCUT2D eigenvalue weighted by molar-refractivity contribution is 0.267. The van der Waals surface area contributed by atoms with Gasteiger partial charge in [0, 0.05) is 17.4 Å². The molecule has 1 aliphatic rings. The summed E-state index contributed by atoms with van der Waals surface area (Å²) in [5.74, 6) is -0.558. The Hall–Kier alpha value is -2.42. The van der Waals surface area contributed by atoms with Crippen LogP contribution in [-0.2, 0) is 10.0 Å². The molecule has 5 nitrogen and oxygen atoms in total. The Bertz CT molecular complexity index is 1180. The number of allylic oxidation sites excluding steroid dienone is 1. The molecule has 33 heavy (non-hydrogen) atoms. The van der Waals surface area contributed by atoms with Crippen molar-refractivity contribution in [3.63, 3.8) is 0 Å². The molecule has 1 heterocycles. The first-order chi connectivity index (χ1) is 15.9. The molecule has 3 aromatic rings. The van der Waals surface area contributed by atoms with E-state index in [-0.39, 0.29) is 22.5 Å². The molecule has 176 valence electrons. The van der Waals surface area contributed by atoms with Crippen molar-refractivity contribution in [1.82, 2.24) is 4.98 Å². The van der Waals surface area contributed by atoms with Crippen molar-refractivity contribution < 1.29 is 17.5 Å². The summed E-state index contributed by atoms with van der Waals surface area (Å²) >= 11 is 7.47. The number of halogens is 2. The quantitative estimate of drug-likeness (QED) is 0.372. The molecule has 0 bridgehead atoms. The van der Waals surface area contributed by atoms with Gasteiger partial charge in [-0.2, -0.15) is 0 Å². The monoisotopic (exact) mass is 508 g/mol. The number of nitrogens with zero attached hydrogens (tertiary/aromatic N) is 1. The molecule has 4 rings (SSSR count). The fourth-order valence-corrected chi connectivity index (χ4v) is 5.50. The highest BCUT2D eigenvalue weighted by Crippen LogP contribution is 2.35. The minimum absolute atomic E-state index is 0.0288. The standard InChI is InChI=1S/C22H20ClFN2O3S2.C2H6/c23-18-10-21(31(27,28)26-22-13-30-14-25-22)19(24)11-20(18)29-12-16-8-4-5-9-17(16)15-6-2-1-3-7-15;1-2/h1-3,6-7,9-11,13-14,16,26H,4-5,8,12H2;1-2H3. The van der Waals surface area contributed by atoms with E-state index in [1.165, 1.54) is 27.8 Å². The predicted molar refractivity (Wildman–Crippen MR) is 133 cm³/mol. The van der Waals surface area contributed by atoms with Crippen LogP contribution in [0.1, 0.15) is 38.7 Å². The second-order valence-corrected chi connectivity index (χ2v) is 9.93. The van der Waals surface area contributed by atoms with Gasteiger partial charge in [0.15, 0.2) is 5.82 Å². The summed E-state index contributed by atoms with van der Waals surface area (Å²) in [4.78, 5) is 3.30. The van der Waals surface area contributed by atoms with Crippen LogP contribution in [-0.4, -0.2) is 20.0 Å². The van der Waals surface area contributed by atoms with Crippen molar-refractivity contribution in [3.05, 3.63) is 75.8 Å². The zero-order valence-corrected chi connectivity index (χ0v) is 20.8. The summed E-state index contributed by atoms with van der Waals surface area (Å²) in [7, 11) is -4.16. The third kappa shape index (κ3) is 6.34. The van der Waals surface area contributed by atoms with Crippen LogP contribution in [0.2, 0.25) is 5.02 Å². The normalized spacial score (nSPS) is 15.8. The van der Waals surface area contributed by atoms with Gasteiger partial charge in [-0.3, -0.25) is 4.72 Å². The molecule has 0 aliphatic heterocycles.